The van der Waals surface area contributed by atoms with Crippen molar-refractivity contribution in [3.05, 3.63) is 68.6 Å². The van der Waals surface area contributed by atoms with Gasteiger partial charge in [0, 0.05) is 11.4 Å². The van der Waals surface area contributed by atoms with Crippen molar-refractivity contribution in [1.82, 2.24) is 19.9 Å². The molecule has 3 aromatic rings. The van der Waals surface area contributed by atoms with E-state index in [1.54, 1.807) is 41.3 Å². The summed E-state index contributed by atoms with van der Waals surface area (Å²) >= 11 is 7.35. The lowest BCUT2D eigenvalue weighted by Gasteiger charge is -2.20. The van der Waals surface area contributed by atoms with Gasteiger partial charge < -0.3 is 4.90 Å². The number of rotatable bonds is 6. The Hall–Kier alpha value is -2.51. The fraction of sp³-hybridized carbons (Fsp3) is 0.176. The molecular weight excluding hydrogens is 360 g/mol. The van der Waals surface area contributed by atoms with Gasteiger partial charge in [-0.25, -0.2) is 4.68 Å². The molecule has 25 heavy (non-hydrogen) atoms. The third kappa shape index (κ3) is 3.94. The van der Waals surface area contributed by atoms with Crippen molar-refractivity contribution in [3.63, 3.8) is 0 Å². The maximum Gasteiger partial charge on any atom is 0.278 e. The standard InChI is InChI=1S/C17H15ClN4O2S/c1-2-9-21(10-12-7-8-15(18)25-12)16(23)11-22-17(24)13-5-3-4-6-14(13)19-20-22/h2-8H,1,9-11H2. The summed E-state index contributed by atoms with van der Waals surface area (Å²) in [6.45, 7) is 4.27. The predicted octanol–water partition coefficient (Wildman–Crippen LogP) is 2.72. The molecule has 3 rings (SSSR count). The molecule has 2 aromatic heterocycles. The summed E-state index contributed by atoms with van der Waals surface area (Å²) in [5.74, 6) is -0.240. The van der Waals surface area contributed by atoms with Crippen LogP contribution in [-0.2, 0) is 17.9 Å². The van der Waals surface area contributed by atoms with E-state index < -0.39 is 0 Å². The molecule has 128 valence electrons. The summed E-state index contributed by atoms with van der Waals surface area (Å²) in [4.78, 5) is 27.6. The molecule has 0 radical (unpaired) electrons. The number of halogens is 1. The topological polar surface area (TPSA) is 68.1 Å². The fourth-order valence-electron chi connectivity index (χ4n) is 2.39. The van der Waals surface area contributed by atoms with Gasteiger partial charge in [0.15, 0.2) is 0 Å². The van der Waals surface area contributed by atoms with E-state index in [1.807, 2.05) is 6.07 Å². The SMILES string of the molecule is C=CCN(Cc1ccc(Cl)s1)C(=O)Cn1nnc2ccccc2c1=O. The molecule has 6 nitrogen and oxygen atoms in total. The zero-order valence-electron chi connectivity index (χ0n) is 13.3. The first kappa shape index (κ1) is 17.3. The number of carbonyl (C=O) groups is 1. The maximum absolute atomic E-state index is 12.6. The highest BCUT2D eigenvalue weighted by molar-refractivity contribution is 7.16. The van der Waals surface area contributed by atoms with E-state index in [9.17, 15) is 9.59 Å². The van der Waals surface area contributed by atoms with Gasteiger partial charge in [-0.05, 0) is 24.3 Å². The molecule has 1 amide bonds. The van der Waals surface area contributed by atoms with Crippen LogP contribution in [0.25, 0.3) is 10.9 Å². The molecule has 0 N–H and O–H groups in total. The minimum absolute atomic E-state index is 0.177. The van der Waals surface area contributed by atoms with Gasteiger partial charge in [0.05, 0.1) is 16.3 Å². The first-order chi connectivity index (χ1) is 12.1. The molecule has 0 bridgehead atoms. The summed E-state index contributed by atoms with van der Waals surface area (Å²) < 4.78 is 1.75. The molecule has 0 aliphatic carbocycles. The molecule has 0 fully saturated rings. The molecule has 0 atom stereocenters. The van der Waals surface area contributed by atoms with Crippen LogP contribution in [0.2, 0.25) is 4.34 Å². The van der Waals surface area contributed by atoms with Crippen LogP contribution in [0.3, 0.4) is 0 Å². The Morgan fingerprint density at radius 2 is 2.12 bits per heavy atom. The molecule has 0 saturated heterocycles. The van der Waals surface area contributed by atoms with Crippen LogP contribution >= 0.6 is 22.9 Å². The third-order valence-corrected chi connectivity index (χ3v) is 4.81. The number of benzene rings is 1. The van der Waals surface area contributed by atoms with Gasteiger partial charge in [-0.1, -0.05) is 35.0 Å². The average molecular weight is 375 g/mol. The van der Waals surface area contributed by atoms with E-state index in [0.717, 1.165) is 9.56 Å². The van der Waals surface area contributed by atoms with Gasteiger partial charge in [-0.3, -0.25) is 9.59 Å². The van der Waals surface area contributed by atoms with Crippen molar-refractivity contribution >= 4 is 39.7 Å². The number of carbonyl (C=O) groups excluding carboxylic acids is 1. The zero-order valence-corrected chi connectivity index (χ0v) is 14.8. The van der Waals surface area contributed by atoms with Crippen molar-refractivity contribution in [2.45, 2.75) is 13.1 Å². The second-order valence-corrected chi connectivity index (χ2v) is 7.14. The van der Waals surface area contributed by atoms with E-state index in [1.165, 1.54) is 11.3 Å². The Labute approximate surface area is 153 Å². The van der Waals surface area contributed by atoms with Gasteiger partial charge >= 0.3 is 0 Å². The van der Waals surface area contributed by atoms with Gasteiger partial charge in [0.25, 0.3) is 5.56 Å². The summed E-state index contributed by atoms with van der Waals surface area (Å²) in [6.07, 6.45) is 1.64. The lowest BCUT2D eigenvalue weighted by atomic mass is 10.2. The first-order valence-corrected chi connectivity index (χ1v) is 8.73. The highest BCUT2D eigenvalue weighted by Gasteiger charge is 2.16. The van der Waals surface area contributed by atoms with E-state index in [0.29, 0.717) is 28.3 Å². The zero-order chi connectivity index (χ0) is 17.8. The smallest absolute Gasteiger partial charge is 0.278 e. The van der Waals surface area contributed by atoms with E-state index in [2.05, 4.69) is 16.9 Å². The highest BCUT2D eigenvalue weighted by atomic mass is 35.5. The molecule has 1 aromatic carbocycles. The fourth-order valence-corrected chi connectivity index (χ4v) is 3.49. The van der Waals surface area contributed by atoms with Gasteiger partial charge in [0.1, 0.15) is 12.1 Å². The summed E-state index contributed by atoms with van der Waals surface area (Å²) in [6, 6.07) is 10.6. The van der Waals surface area contributed by atoms with Crippen molar-refractivity contribution in [1.29, 1.82) is 0 Å². The Balaban J connectivity index is 1.82. The minimum atomic E-state index is -0.336. The quantitative estimate of drug-likeness (QED) is 0.622. The van der Waals surface area contributed by atoms with Crippen LogP contribution in [0.1, 0.15) is 4.88 Å². The molecule has 0 aliphatic heterocycles. The van der Waals surface area contributed by atoms with Crippen LogP contribution in [0.4, 0.5) is 0 Å². The van der Waals surface area contributed by atoms with Gasteiger partial charge in [-0.2, -0.15) is 0 Å². The number of hydrogen-bond acceptors (Lipinski definition) is 5. The average Bonchev–Trinajstić information content (AvgIpc) is 3.02. The maximum atomic E-state index is 12.6. The van der Waals surface area contributed by atoms with E-state index in [-0.39, 0.29) is 18.0 Å². The summed E-state index contributed by atoms with van der Waals surface area (Å²) in [5.41, 5.74) is 0.170. The molecule has 2 heterocycles. The molecule has 0 saturated carbocycles. The predicted molar refractivity (Wildman–Crippen MR) is 98.7 cm³/mol. The number of aromatic nitrogens is 3. The lowest BCUT2D eigenvalue weighted by molar-refractivity contribution is -0.132. The number of nitrogens with zero attached hydrogens (tertiary/aromatic N) is 4. The minimum Gasteiger partial charge on any atom is -0.332 e. The van der Waals surface area contributed by atoms with Crippen molar-refractivity contribution < 1.29 is 4.79 Å². The number of fused-ring (bicyclic) bond motifs is 1. The van der Waals surface area contributed by atoms with Crippen molar-refractivity contribution in [3.8, 4) is 0 Å². The Kier molecular flexibility index (Phi) is 5.25. The van der Waals surface area contributed by atoms with Gasteiger partial charge in [-0.15, -0.1) is 23.0 Å². The van der Waals surface area contributed by atoms with Crippen LogP contribution < -0.4 is 5.56 Å². The summed E-state index contributed by atoms with van der Waals surface area (Å²) in [5, 5.41) is 8.29. The molecular formula is C17H15ClN4O2S. The monoisotopic (exact) mass is 374 g/mol. The Bertz CT molecular complexity index is 982. The third-order valence-electron chi connectivity index (χ3n) is 3.59. The van der Waals surface area contributed by atoms with E-state index in [4.69, 9.17) is 11.6 Å². The normalized spacial score (nSPS) is 10.8. The second kappa shape index (κ2) is 7.58. The molecule has 8 heteroatoms. The Morgan fingerprint density at radius 3 is 2.84 bits per heavy atom. The van der Waals surface area contributed by atoms with Crippen molar-refractivity contribution in [2.24, 2.45) is 0 Å². The van der Waals surface area contributed by atoms with Crippen molar-refractivity contribution in [2.75, 3.05) is 6.54 Å². The molecule has 0 spiro atoms. The largest absolute Gasteiger partial charge is 0.332 e. The lowest BCUT2D eigenvalue weighted by Crippen LogP contribution is -2.37. The molecule has 0 unspecified atom stereocenters. The highest BCUT2D eigenvalue weighted by Crippen LogP contribution is 2.22. The number of hydrogen-bond donors (Lipinski definition) is 0. The second-order valence-electron chi connectivity index (χ2n) is 5.34. The number of amides is 1. The van der Waals surface area contributed by atoms with Crippen LogP contribution in [0.5, 0.6) is 0 Å². The van der Waals surface area contributed by atoms with E-state index >= 15 is 0 Å². The molecule has 0 aliphatic rings. The Morgan fingerprint density at radius 1 is 1.32 bits per heavy atom. The van der Waals surface area contributed by atoms with Gasteiger partial charge in [0.2, 0.25) is 5.91 Å². The number of thiophene rings is 1. The first-order valence-electron chi connectivity index (χ1n) is 7.54. The van der Waals surface area contributed by atoms with Crippen LogP contribution in [0.15, 0.2) is 53.8 Å². The van der Waals surface area contributed by atoms with Crippen LogP contribution in [0, 0.1) is 0 Å². The van der Waals surface area contributed by atoms with Crippen LogP contribution in [-0.4, -0.2) is 32.3 Å². The summed E-state index contributed by atoms with van der Waals surface area (Å²) in [7, 11) is 0.